The summed E-state index contributed by atoms with van der Waals surface area (Å²) in [5.74, 6) is 0.599. The van der Waals surface area contributed by atoms with Gasteiger partial charge >= 0.3 is 0 Å². The number of hydrogen-bond acceptors (Lipinski definition) is 6. The third-order valence-electron chi connectivity index (χ3n) is 5.73. The van der Waals surface area contributed by atoms with Gasteiger partial charge in [-0.1, -0.05) is 65.3 Å². The molecule has 0 radical (unpaired) electrons. The van der Waals surface area contributed by atoms with Crippen LogP contribution in [0.4, 0.5) is 5.95 Å². The topological polar surface area (TPSA) is 76.4 Å². The number of ether oxygens (including phenoxy) is 1. The van der Waals surface area contributed by atoms with E-state index in [-0.39, 0.29) is 18.5 Å². The molecule has 1 amide bonds. The quantitative estimate of drug-likeness (QED) is 0.650. The zero-order valence-corrected chi connectivity index (χ0v) is 17.4. The molecule has 1 atom stereocenters. The SMILES string of the molecule is Cc1ccc(C2C=C(c3ccccc3)N(CC(=O)N3CCOCC3)c3nnnn32)cc1. The van der Waals surface area contributed by atoms with Gasteiger partial charge in [-0.2, -0.15) is 4.68 Å². The number of amides is 1. The zero-order chi connectivity index (χ0) is 21.2. The normalized spacial score (nSPS) is 18.5. The average molecular weight is 416 g/mol. The van der Waals surface area contributed by atoms with Crippen molar-refractivity contribution >= 4 is 17.6 Å². The van der Waals surface area contributed by atoms with Crippen LogP contribution in [0.25, 0.3) is 5.70 Å². The van der Waals surface area contributed by atoms with Gasteiger partial charge in [0.05, 0.1) is 18.9 Å². The summed E-state index contributed by atoms with van der Waals surface area (Å²) in [7, 11) is 0. The Morgan fingerprint density at radius 3 is 2.55 bits per heavy atom. The number of fused-ring (bicyclic) bond motifs is 1. The van der Waals surface area contributed by atoms with Crippen LogP contribution in [0.1, 0.15) is 22.7 Å². The second-order valence-corrected chi connectivity index (χ2v) is 7.78. The number of carbonyl (C=O) groups is 1. The summed E-state index contributed by atoms with van der Waals surface area (Å²) in [6, 6.07) is 18.3. The van der Waals surface area contributed by atoms with Crippen LogP contribution in [0.3, 0.4) is 0 Å². The number of tetrazole rings is 1. The molecular formula is C23H24N6O2. The number of anilines is 1. The first-order chi connectivity index (χ1) is 15.2. The summed E-state index contributed by atoms with van der Waals surface area (Å²) in [5.41, 5.74) is 4.23. The highest BCUT2D eigenvalue weighted by Gasteiger charge is 2.33. The van der Waals surface area contributed by atoms with Crippen molar-refractivity contribution in [3.8, 4) is 0 Å². The van der Waals surface area contributed by atoms with Crippen molar-refractivity contribution in [3.63, 3.8) is 0 Å². The summed E-state index contributed by atoms with van der Waals surface area (Å²) in [5, 5.41) is 12.5. The summed E-state index contributed by atoms with van der Waals surface area (Å²) in [6.45, 7) is 4.59. The Balaban J connectivity index is 1.55. The lowest BCUT2D eigenvalue weighted by molar-refractivity contribution is -0.133. The van der Waals surface area contributed by atoms with Gasteiger partial charge in [-0.3, -0.25) is 9.69 Å². The largest absolute Gasteiger partial charge is 0.378 e. The lowest BCUT2D eigenvalue weighted by atomic mass is 10.00. The first-order valence-corrected chi connectivity index (χ1v) is 10.5. The second kappa shape index (κ2) is 8.31. The molecular weight excluding hydrogens is 392 g/mol. The molecule has 3 aromatic rings. The van der Waals surface area contributed by atoms with Crippen molar-refractivity contribution in [3.05, 3.63) is 77.4 Å². The number of rotatable bonds is 4. The van der Waals surface area contributed by atoms with Gasteiger partial charge in [0.1, 0.15) is 12.6 Å². The van der Waals surface area contributed by atoms with Crippen molar-refractivity contribution in [2.45, 2.75) is 13.0 Å². The molecule has 2 aliphatic rings. The van der Waals surface area contributed by atoms with Crippen LogP contribution in [-0.4, -0.2) is 63.9 Å². The Morgan fingerprint density at radius 1 is 1.06 bits per heavy atom. The molecule has 1 aromatic heterocycles. The Kier molecular flexibility index (Phi) is 5.21. The molecule has 2 aliphatic heterocycles. The Hall–Kier alpha value is -3.52. The van der Waals surface area contributed by atoms with Crippen LogP contribution in [0.5, 0.6) is 0 Å². The van der Waals surface area contributed by atoms with Crippen LogP contribution >= 0.6 is 0 Å². The second-order valence-electron chi connectivity index (χ2n) is 7.78. The number of morpholine rings is 1. The van der Waals surface area contributed by atoms with Crippen molar-refractivity contribution in [2.75, 3.05) is 37.7 Å². The van der Waals surface area contributed by atoms with Gasteiger partial charge in [0.2, 0.25) is 5.91 Å². The molecule has 31 heavy (non-hydrogen) atoms. The molecule has 1 fully saturated rings. The first kappa shape index (κ1) is 19.4. The third kappa shape index (κ3) is 3.82. The molecule has 5 rings (SSSR count). The molecule has 158 valence electrons. The first-order valence-electron chi connectivity index (χ1n) is 10.5. The molecule has 0 bridgehead atoms. The molecule has 0 aliphatic carbocycles. The number of benzene rings is 2. The minimum absolute atomic E-state index is 0.0356. The highest BCUT2D eigenvalue weighted by molar-refractivity contribution is 5.89. The lowest BCUT2D eigenvalue weighted by Gasteiger charge is -2.34. The van der Waals surface area contributed by atoms with E-state index in [1.807, 2.05) is 40.1 Å². The van der Waals surface area contributed by atoms with Crippen LogP contribution in [0, 0.1) is 6.92 Å². The van der Waals surface area contributed by atoms with E-state index in [0.29, 0.717) is 32.3 Å². The van der Waals surface area contributed by atoms with E-state index in [2.05, 4.69) is 52.8 Å². The summed E-state index contributed by atoms with van der Waals surface area (Å²) < 4.78 is 7.17. The van der Waals surface area contributed by atoms with Crippen molar-refractivity contribution in [2.24, 2.45) is 0 Å². The van der Waals surface area contributed by atoms with E-state index in [1.165, 1.54) is 5.56 Å². The van der Waals surface area contributed by atoms with E-state index in [1.54, 1.807) is 4.68 Å². The predicted octanol–water partition coefficient (Wildman–Crippen LogP) is 2.29. The van der Waals surface area contributed by atoms with Crippen LogP contribution in [0.2, 0.25) is 0 Å². The van der Waals surface area contributed by atoms with E-state index in [4.69, 9.17) is 4.74 Å². The fraction of sp³-hybridized carbons (Fsp3) is 0.304. The van der Waals surface area contributed by atoms with E-state index in [9.17, 15) is 4.79 Å². The van der Waals surface area contributed by atoms with Crippen LogP contribution in [-0.2, 0) is 9.53 Å². The number of hydrogen-bond donors (Lipinski definition) is 0. The number of allylic oxidation sites excluding steroid dienone is 1. The highest BCUT2D eigenvalue weighted by Crippen LogP contribution is 2.36. The Labute approximate surface area is 180 Å². The Bertz CT molecular complexity index is 1090. The minimum atomic E-state index is -0.157. The van der Waals surface area contributed by atoms with Crippen molar-refractivity contribution in [1.29, 1.82) is 0 Å². The van der Waals surface area contributed by atoms with Gasteiger partial charge in [-0.05, 0) is 34.6 Å². The highest BCUT2D eigenvalue weighted by atomic mass is 16.5. The summed E-state index contributed by atoms with van der Waals surface area (Å²) in [4.78, 5) is 16.8. The fourth-order valence-electron chi connectivity index (χ4n) is 4.03. The van der Waals surface area contributed by atoms with E-state index in [0.717, 1.165) is 16.8 Å². The van der Waals surface area contributed by atoms with Gasteiger partial charge < -0.3 is 9.64 Å². The predicted molar refractivity (Wildman–Crippen MR) is 116 cm³/mol. The van der Waals surface area contributed by atoms with Crippen molar-refractivity contribution < 1.29 is 9.53 Å². The number of aryl methyl sites for hydroxylation is 1. The van der Waals surface area contributed by atoms with Gasteiger partial charge in [0.15, 0.2) is 0 Å². The zero-order valence-electron chi connectivity index (χ0n) is 17.4. The lowest BCUT2D eigenvalue weighted by Crippen LogP contribution is -2.46. The number of nitrogens with zero attached hydrogens (tertiary/aromatic N) is 6. The summed E-state index contributed by atoms with van der Waals surface area (Å²) >= 11 is 0. The van der Waals surface area contributed by atoms with Gasteiger partial charge in [0.25, 0.3) is 5.95 Å². The molecule has 3 heterocycles. The fourth-order valence-corrected chi connectivity index (χ4v) is 4.03. The van der Waals surface area contributed by atoms with Gasteiger partial charge in [-0.25, -0.2) is 0 Å². The molecule has 8 heteroatoms. The Morgan fingerprint density at radius 2 is 1.81 bits per heavy atom. The van der Waals surface area contributed by atoms with Crippen LogP contribution in [0.15, 0.2) is 60.7 Å². The maximum absolute atomic E-state index is 13.1. The van der Waals surface area contributed by atoms with E-state index >= 15 is 0 Å². The minimum Gasteiger partial charge on any atom is -0.378 e. The van der Waals surface area contributed by atoms with Gasteiger partial charge in [-0.15, -0.1) is 0 Å². The molecule has 0 saturated carbocycles. The third-order valence-corrected chi connectivity index (χ3v) is 5.73. The van der Waals surface area contributed by atoms with Crippen molar-refractivity contribution in [1.82, 2.24) is 25.1 Å². The molecule has 0 spiro atoms. The number of carbonyl (C=O) groups excluding carboxylic acids is 1. The standard InChI is InChI=1S/C23H24N6O2/c1-17-7-9-19(10-8-17)21-15-20(18-5-3-2-4-6-18)28(23-24-25-26-29(21)23)16-22(30)27-11-13-31-14-12-27/h2-10,15,21H,11-14,16H2,1H3. The molecule has 2 aromatic carbocycles. The maximum Gasteiger partial charge on any atom is 0.251 e. The smallest absolute Gasteiger partial charge is 0.251 e. The molecule has 8 nitrogen and oxygen atoms in total. The van der Waals surface area contributed by atoms with Gasteiger partial charge in [0, 0.05) is 13.1 Å². The average Bonchev–Trinajstić information content (AvgIpc) is 3.31. The number of aromatic nitrogens is 4. The maximum atomic E-state index is 13.1. The van der Waals surface area contributed by atoms with E-state index < -0.39 is 0 Å². The summed E-state index contributed by atoms with van der Waals surface area (Å²) in [6.07, 6.45) is 2.13. The molecule has 0 N–H and O–H groups in total. The molecule has 1 saturated heterocycles. The monoisotopic (exact) mass is 416 g/mol. The molecule has 1 unspecified atom stereocenters. The van der Waals surface area contributed by atoms with Crippen LogP contribution < -0.4 is 4.90 Å².